The van der Waals surface area contributed by atoms with Gasteiger partial charge in [0.15, 0.2) is 0 Å². The molecule has 0 unspecified atom stereocenters. The lowest BCUT2D eigenvalue weighted by molar-refractivity contribution is 0.340. The SMILES string of the molecule is C=C[C@H](N)c1ccc(OCC)cc1. The van der Waals surface area contributed by atoms with E-state index in [1.165, 1.54) is 0 Å². The molecule has 1 aromatic carbocycles. The number of ether oxygens (including phenoxy) is 1. The van der Waals surface area contributed by atoms with Crippen molar-refractivity contribution in [2.24, 2.45) is 5.73 Å². The van der Waals surface area contributed by atoms with E-state index in [4.69, 9.17) is 10.5 Å². The molecule has 0 radical (unpaired) electrons. The second-order valence-corrected chi connectivity index (χ2v) is 2.76. The zero-order valence-electron chi connectivity index (χ0n) is 7.86. The number of hydrogen-bond acceptors (Lipinski definition) is 2. The molecule has 0 aliphatic rings. The van der Waals surface area contributed by atoms with Crippen LogP contribution in [-0.4, -0.2) is 6.61 Å². The number of hydrogen-bond donors (Lipinski definition) is 1. The first-order valence-electron chi connectivity index (χ1n) is 4.38. The summed E-state index contributed by atoms with van der Waals surface area (Å²) < 4.78 is 5.31. The highest BCUT2D eigenvalue weighted by Gasteiger charge is 2.00. The van der Waals surface area contributed by atoms with E-state index in [1.807, 2.05) is 31.2 Å². The lowest BCUT2D eigenvalue weighted by Crippen LogP contribution is -2.05. The van der Waals surface area contributed by atoms with Crippen LogP contribution in [0.15, 0.2) is 36.9 Å². The van der Waals surface area contributed by atoms with Gasteiger partial charge in [-0.2, -0.15) is 0 Å². The maximum atomic E-state index is 5.76. The zero-order valence-corrected chi connectivity index (χ0v) is 7.86. The molecule has 0 amide bonds. The summed E-state index contributed by atoms with van der Waals surface area (Å²) in [6.07, 6.45) is 1.72. The minimum Gasteiger partial charge on any atom is -0.494 e. The third kappa shape index (κ3) is 2.60. The summed E-state index contributed by atoms with van der Waals surface area (Å²) in [5, 5.41) is 0. The van der Waals surface area contributed by atoms with Crippen LogP contribution >= 0.6 is 0 Å². The van der Waals surface area contributed by atoms with Gasteiger partial charge in [0, 0.05) is 6.04 Å². The highest BCUT2D eigenvalue weighted by Crippen LogP contribution is 2.16. The molecular weight excluding hydrogens is 162 g/mol. The zero-order chi connectivity index (χ0) is 9.68. The summed E-state index contributed by atoms with van der Waals surface area (Å²) in [7, 11) is 0. The predicted octanol–water partition coefficient (Wildman–Crippen LogP) is 2.27. The van der Waals surface area contributed by atoms with Crippen LogP contribution in [0.25, 0.3) is 0 Å². The predicted molar refractivity (Wildman–Crippen MR) is 54.7 cm³/mol. The Morgan fingerprint density at radius 1 is 1.46 bits per heavy atom. The summed E-state index contributed by atoms with van der Waals surface area (Å²) in [5.41, 5.74) is 6.81. The van der Waals surface area contributed by atoms with Gasteiger partial charge in [0.1, 0.15) is 5.75 Å². The molecule has 0 bridgehead atoms. The van der Waals surface area contributed by atoms with Gasteiger partial charge in [0.25, 0.3) is 0 Å². The van der Waals surface area contributed by atoms with Gasteiger partial charge in [0.2, 0.25) is 0 Å². The highest BCUT2D eigenvalue weighted by atomic mass is 16.5. The van der Waals surface area contributed by atoms with E-state index >= 15 is 0 Å². The number of nitrogens with two attached hydrogens (primary N) is 1. The fourth-order valence-electron chi connectivity index (χ4n) is 1.09. The van der Waals surface area contributed by atoms with Crippen LogP contribution in [0.1, 0.15) is 18.5 Å². The second kappa shape index (κ2) is 4.67. The Morgan fingerprint density at radius 3 is 2.54 bits per heavy atom. The molecule has 70 valence electrons. The molecule has 0 aromatic heterocycles. The molecule has 1 aromatic rings. The normalized spacial score (nSPS) is 12.2. The minimum atomic E-state index is -0.0873. The standard InChI is InChI=1S/C11H15NO/c1-3-11(12)9-5-7-10(8-6-9)13-4-2/h3,5-8,11H,1,4,12H2,2H3/t11-/m0/s1. The molecule has 0 saturated heterocycles. The summed E-state index contributed by atoms with van der Waals surface area (Å²) in [6.45, 7) is 6.29. The molecule has 2 heteroatoms. The van der Waals surface area contributed by atoms with Crippen molar-refractivity contribution >= 4 is 0 Å². The molecule has 0 aliphatic carbocycles. The van der Waals surface area contributed by atoms with Crippen LogP contribution in [0.2, 0.25) is 0 Å². The van der Waals surface area contributed by atoms with Crippen LogP contribution < -0.4 is 10.5 Å². The fourth-order valence-corrected chi connectivity index (χ4v) is 1.09. The van der Waals surface area contributed by atoms with Crippen molar-refractivity contribution in [1.29, 1.82) is 0 Å². The molecule has 0 aliphatic heterocycles. The largest absolute Gasteiger partial charge is 0.494 e. The first kappa shape index (κ1) is 9.81. The van der Waals surface area contributed by atoms with E-state index < -0.39 is 0 Å². The third-order valence-electron chi connectivity index (χ3n) is 1.83. The van der Waals surface area contributed by atoms with E-state index in [2.05, 4.69) is 6.58 Å². The van der Waals surface area contributed by atoms with Crippen LogP contribution in [0.3, 0.4) is 0 Å². The molecule has 0 spiro atoms. The van der Waals surface area contributed by atoms with Gasteiger partial charge in [-0.3, -0.25) is 0 Å². The van der Waals surface area contributed by atoms with Crippen molar-refractivity contribution in [3.05, 3.63) is 42.5 Å². The van der Waals surface area contributed by atoms with Crippen molar-refractivity contribution in [3.8, 4) is 5.75 Å². The molecule has 0 fully saturated rings. The fraction of sp³-hybridized carbons (Fsp3) is 0.273. The van der Waals surface area contributed by atoms with Crippen molar-refractivity contribution < 1.29 is 4.74 Å². The Bertz CT molecular complexity index is 266. The average Bonchev–Trinajstić information content (AvgIpc) is 2.18. The molecule has 1 rings (SSSR count). The van der Waals surface area contributed by atoms with Crippen molar-refractivity contribution in [2.75, 3.05) is 6.61 Å². The molecule has 2 nitrogen and oxygen atoms in total. The summed E-state index contributed by atoms with van der Waals surface area (Å²) in [5.74, 6) is 0.877. The molecule has 0 heterocycles. The van der Waals surface area contributed by atoms with Gasteiger partial charge in [0.05, 0.1) is 6.61 Å². The average molecular weight is 177 g/mol. The first-order valence-corrected chi connectivity index (χ1v) is 4.38. The monoisotopic (exact) mass is 177 g/mol. The molecular formula is C11H15NO. The Balaban J connectivity index is 2.74. The third-order valence-corrected chi connectivity index (χ3v) is 1.83. The maximum Gasteiger partial charge on any atom is 0.119 e. The summed E-state index contributed by atoms with van der Waals surface area (Å²) in [6, 6.07) is 7.66. The molecule has 2 N–H and O–H groups in total. The van der Waals surface area contributed by atoms with Crippen LogP contribution in [0.5, 0.6) is 5.75 Å². The quantitative estimate of drug-likeness (QED) is 0.716. The van der Waals surface area contributed by atoms with Gasteiger partial charge in [-0.15, -0.1) is 6.58 Å². The Morgan fingerprint density at radius 2 is 2.08 bits per heavy atom. The van der Waals surface area contributed by atoms with E-state index in [-0.39, 0.29) is 6.04 Å². The number of benzene rings is 1. The van der Waals surface area contributed by atoms with Crippen LogP contribution in [0.4, 0.5) is 0 Å². The summed E-state index contributed by atoms with van der Waals surface area (Å²) >= 11 is 0. The lowest BCUT2D eigenvalue weighted by atomic mass is 10.1. The topological polar surface area (TPSA) is 35.2 Å². The highest BCUT2D eigenvalue weighted by molar-refractivity contribution is 5.30. The van der Waals surface area contributed by atoms with E-state index in [0.717, 1.165) is 11.3 Å². The Hall–Kier alpha value is -1.28. The smallest absolute Gasteiger partial charge is 0.119 e. The van der Waals surface area contributed by atoms with Gasteiger partial charge in [-0.05, 0) is 24.6 Å². The van der Waals surface area contributed by atoms with Gasteiger partial charge >= 0.3 is 0 Å². The number of rotatable bonds is 4. The van der Waals surface area contributed by atoms with Crippen LogP contribution in [0, 0.1) is 0 Å². The van der Waals surface area contributed by atoms with Gasteiger partial charge in [-0.25, -0.2) is 0 Å². The van der Waals surface area contributed by atoms with E-state index in [1.54, 1.807) is 6.08 Å². The minimum absolute atomic E-state index is 0.0873. The van der Waals surface area contributed by atoms with Gasteiger partial charge < -0.3 is 10.5 Å². The van der Waals surface area contributed by atoms with Crippen molar-refractivity contribution in [1.82, 2.24) is 0 Å². The molecule has 0 saturated carbocycles. The maximum absolute atomic E-state index is 5.76. The molecule has 13 heavy (non-hydrogen) atoms. The van der Waals surface area contributed by atoms with Crippen LogP contribution in [-0.2, 0) is 0 Å². The molecule has 1 atom stereocenters. The second-order valence-electron chi connectivity index (χ2n) is 2.76. The Labute approximate surface area is 79.0 Å². The van der Waals surface area contributed by atoms with Crippen molar-refractivity contribution in [2.45, 2.75) is 13.0 Å². The summed E-state index contributed by atoms with van der Waals surface area (Å²) in [4.78, 5) is 0. The van der Waals surface area contributed by atoms with Gasteiger partial charge in [-0.1, -0.05) is 18.2 Å². The van der Waals surface area contributed by atoms with Crippen molar-refractivity contribution in [3.63, 3.8) is 0 Å². The van der Waals surface area contributed by atoms with E-state index in [0.29, 0.717) is 6.61 Å². The van der Waals surface area contributed by atoms with E-state index in [9.17, 15) is 0 Å². The first-order chi connectivity index (χ1) is 6.27. The Kier molecular flexibility index (Phi) is 3.53. The lowest BCUT2D eigenvalue weighted by Gasteiger charge is -2.07.